The lowest BCUT2D eigenvalue weighted by Gasteiger charge is -2.35. The van der Waals surface area contributed by atoms with Crippen molar-refractivity contribution >= 4 is 23.3 Å². The Morgan fingerprint density at radius 3 is 2.73 bits per heavy atom. The lowest BCUT2D eigenvalue weighted by Crippen LogP contribution is -2.50. The molecule has 1 unspecified atom stereocenters. The molecular weight excluding hydrogens is 398 g/mol. The molecule has 1 aromatic heterocycles. The number of benzene rings is 1. The van der Waals surface area contributed by atoms with E-state index in [0.29, 0.717) is 26.2 Å². The number of ether oxygens (including phenoxy) is 1. The molecular formula is C23H31N3O3S. The van der Waals surface area contributed by atoms with Gasteiger partial charge in [0.1, 0.15) is 5.75 Å². The predicted octanol–water partition coefficient (Wildman–Crippen LogP) is 4.12. The summed E-state index contributed by atoms with van der Waals surface area (Å²) in [5.41, 5.74) is 0.982. The Hall–Kier alpha value is -2.54. The first-order chi connectivity index (χ1) is 14.5. The Morgan fingerprint density at radius 2 is 2.03 bits per heavy atom. The number of nitrogens with one attached hydrogen (secondary N) is 1. The molecule has 2 aromatic rings. The first kappa shape index (κ1) is 22.2. The standard InChI is InChI=1S/C23H31N3O3S/c1-17(2)24-23(28)25-12-6-9-19(15-25)22(27)26(16-20-10-7-13-30-20)14-18-8-4-5-11-21(18)29-3/h4-5,7-8,10-11,13,17,19H,6,9,12,14-16H2,1-3H3,(H,24,28). The number of piperidine rings is 1. The van der Waals surface area contributed by atoms with Crippen molar-refractivity contribution in [3.05, 3.63) is 52.2 Å². The fourth-order valence-corrected chi connectivity index (χ4v) is 4.52. The molecule has 1 aromatic carbocycles. The van der Waals surface area contributed by atoms with E-state index in [0.717, 1.165) is 29.0 Å². The van der Waals surface area contributed by atoms with Crippen molar-refractivity contribution in [1.82, 2.24) is 15.1 Å². The largest absolute Gasteiger partial charge is 0.496 e. The third-order valence-corrected chi connectivity index (χ3v) is 6.12. The summed E-state index contributed by atoms with van der Waals surface area (Å²) in [4.78, 5) is 30.8. The molecule has 162 valence electrons. The molecule has 1 aliphatic rings. The van der Waals surface area contributed by atoms with E-state index in [1.807, 2.05) is 54.5 Å². The maximum Gasteiger partial charge on any atom is 0.317 e. The predicted molar refractivity (Wildman–Crippen MR) is 120 cm³/mol. The molecule has 3 amide bonds. The van der Waals surface area contributed by atoms with E-state index in [-0.39, 0.29) is 23.9 Å². The van der Waals surface area contributed by atoms with Crippen LogP contribution < -0.4 is 10.1 Å². The second-order valence-corrected chi connectivity index (χ2v) is 9.01. The van der Waals surface area contributed by atoms with Crippen LogP contribution in [0.25, 0.3) is 0 Å². The summed E-state index contributed by atoms with van der Waals surface area (Å²) >= 11 is 1.65. The summed E-state index contributed by atoms with van der Waals surface area (Å²) in [7, 11) is 1.65. The molecule has 6 nitrogen and oxygen atoms in total. The molecule has 3 rings (SSSR count). The Bertz CT molecular complexity index is 838. The Balaban J connectivity index is 1.76. The van der Waals surface area contributed by atoms with Gasteiger partial charge in [-0.1, -0.05) is 24.3 Å². The molecule has 1 fully saturated rings. The number of nitrogens with zero attached hydrogens (tertiary/aromatic N) is 2. The van der Waals surface area contributed by atoms with E-state index in [1.54, 1.807) is 23.3 Å². The molecule has 0 radical (unpaired) electrons. The highest BCUT2D eigenvalue weighted by molar-refractivity contribution is 7.09. The van der Waals surface area contributed by atoms with Gasteiger partial charge >= 0.3 is 6.03 Å². The number of methoxy groups -OCH3 is 1. The van der Waals surface area contributed by atoms with Crippen LogP contribution in [0.1, 0.15) is 37.1 Å². The number of amides is 3. The summed E-state index contributed by atoms with van der Waals surface area (Å²) in [6, 6.07) is 11.9. The van der Waals surface area contributed by atoms with E-state index in [1.165, 1.54) is 0 Å². The van der Waals surface area contributed by atoms with Gasteiger partial charge in [-0.15, -0.1) is 11.3 Å². The topological polar surface area (TPSA) is 61.9 Å². The SMILES string of the molecule is COc1ccccc1CN(Cc1cccs1)C(=O)C1CCCN(C(=O)NC(C)C)C1. The van der Waals surface area contributed by atoms with Crippen molar-refractivity contribution in [1.29, 1.82) is 0 Å². The first-order valence-electron chi connectivity index (χ1n) is 10.5. The molecule has 7 heteroatoms. The smallest absolute Gasteiger partial charge is 0.317 e. The number of carbonyl (C=O) groups excluding carboxylic acids is 2. The van der Waals surface area contributed by atoms with Crippen LogP contribution in [0.2, 0.25) is 0 Å². The number of para-hydroxylation sites is 1. The van der Waals surface area contributed by atoms with Crippen LogP contribution >= 0.6 is 11.3 Å². The van der Waals surface area contributed by atoms with Gasteiger partial charge in [0.2, 0.25) is 5.91 Å². The van der Waals surface area contributed by atoms with E-state index >= 15 is 0 Å². The average Bonchev–Trinajstić information content (AvgIpc) is 3.26. The van der Waals surface area contributed by atoms with Crippen LogP contribution in [0.4, 0.5) is 4.79 Å². The van der Waals surface area contributed by atoms with Gasteiger partial charge in [-0.2, -0.15) is 0 Å². The molecule has 0 aliphatic carbocycles. The van der Waals surface area contributed by atoms with E-state index in [9.17, 15) is 9.59 Å². The van der Waals surface area contributed by atoms with Crippen LogP contribution in [-0.4, -0.2) is 48.0 Å². The second kappa shape index (κ2) is 10.5. The van der Waals surface area contributed by atoms with E-state index in [4.69, 9.17) is 4.74 Å². The summed E-state index contributed by atoms with van der Waals surface area (Å²) in [6.45, 7) is 6.09. The molecule has 1 saturated heterocycles. The van der Waals surface area contributed by atoms with Gasteiger partial charge in [0, 0.05) is 36.1 Å². The van der Waals surface area contributed by atoms with Crippen LogP contribution in [0.5, 0.6) is 5.75 Å². The number of hydrogen-bond donors (Lipinski definition) is 1. The fourth-order valence-electron chi connectivity index (χ4n) is 3.80. The number of thiophene rings is 1. The van der Waals surface area contributed by atoms with Crippen LogP contribution in [0.3, 0.4) is 0 Å². The lowest BCUT2D eigenvalue weighted by atomic mass is 9.96. The molecule has 1 N–H and O–H groups in total. The van der Waals surface area contributed by atoms with E-state index < -0.39 is 0 Å². The first-order valence-corrected chi connectivity index (χ1v) is 11.3. The monoisotopic (exact) mass is 429 g/mol. The zero-order chi connectivity index (χ0) is 21.5. The number of urea groups is 1. The molecule has 30 heavy (non-hydrogen) atoms. The third kappa shape index (κ3) is 5.75. The molecule has 2 heterocycles. The molecule has 1 aliphatic heterocycles. The highest BCUT2D eigenvalue weighted by atomic mass is 32.1. The molecule has 0 saturated carbocycles. The summed E-state index contributed by atoms with van der Waals surface area (Å²) in [6.07, 6.45) is 1.64. The Morgan fingerprint density at radius 1 is 1.23 bits per heavy atom. The molecule has 0 bridgehead atoms. The van der Waals surface area contributed by atoms with Crippen molar-refractivity contribution in [2.24, 2.45) is 5.92 Å². The maximum atomic E-state index is 13.6. The minimum absolute atomic E-state index is 0.0782. The zero-order valence-electron chi connectivity index (χ0n) is 18.0. The number of carbonyl (C=O) groups is 2. The maximum absolute atomic E-state index is 13.6. The average molecular weight is 430 g/mol. The Kier molecular flexibility index (Phi) is 7.74. The van der Waals surface area contributed by atoms with Crippen molar-refractivity contribution in [3.63, 3.8) is 0 Å². The van der Waals surface area contributed by atoms with Crippen molar-refractivity contribution in [3.8, 4) is 5.75 Å². The minimum Gasteiger partial charge on any atom is -0.496 e. The summed E-state index contributed by atoms with van der Waals surface area (Å²) in [5.74, 6) is 0.686. The van der Waals surface area contributed by atoms with Crippen molar-refractivity contribution in [2.45, 2.75) is 45.8 Å². The van der Waals surface area contributed by atoms with Crippen LogP contribution in [-0.2, 0) is 17.9 Å². The zero-order valence-corrected chi connectivity index (χ0v) is 18.8. The van der Waals surface area contributed by atoms with Gasteiger partial charge in [0.15, 0.2) is 0 Å². The van der Waals surface area contributed by atoms with Crippen molar-refractivity contribution < 1.29 is 14.3 Å². The van der Waals surface area contributed by atoms with Gasteiger partial charge in [-0.3, -0.25) is 4.79 Å². The van der Waals surface area contributed by atoms with Gasteiger partial charge in [0.05, 0.1) is 19.6 Å². The summed E-state index contributed by atoms with van der Waals surface area (Å²) < 4.78 is 5.50. The fraction of sp³-hybridized carbons (Fsp3) is 0.478. The molecule has 0 spiro atoms. The van der Waals surface area contributed by atoms with Gasteiger partial charge in [-0.05, 0) is 44.2 Å². The van der Waals surface area contributed by atoms with Crippen molar-refractivity contribution in [2.75, 3.05) is 20.2 Å². The highest BCUT2D eigenvalue weighted by Gasteiger charge is 2.32. The second-order valence-electron chi connectivity index (χ2n) is 7.97. The van der Waals surface area contributed by atoms with Gasteiger partial charge in [0.25, 0.3) is 0 Å². The number of hydrogen-bond acceptors (Lipinski definition) is 4. The highest BCUT2D eigenvalue weighted by Crippen LogP contribution is 2.25. The van der Waals surface area contributed by atoms with Crippen LogP contribution in [0.15, 0.2) is 41.8 Å². The van der Waals surface area contributed by atoms with Gasteiger partial charge in [-0.25, -0.2) is 4.79 Å². The van der Waals surface area contributed by atoms with Gasteiger partial charge < -0.3 is 19.9 Å². The normalized spacial score (nSPS) is 16.4. The van der Waals surface area contributed by atoms with E-state index in [2.05, 4.69) is 11.4 Å². The summed E-state index contributed by atoms with van der Waals surface area (Å²) in [5, 5.41) is 4.97. The Labute approximate surface area is 182 Å². The minimum atomic E-state index is -0.189. The molecule has 1 atom stereocenters. The quantitative estimate of drug-likeness (QED) is 0.720. The number of likely N-dealkylation sites (tertiary alicyclic amines) is 1. The van der Waals surface area contributed by atoms with Crippen LogP contribution in [0, 0.1) is 5.92 Å². The third-order valence-electron chi connectivity index (χ3n) is 5.26. The number of rotatable bonds is 7. The lowest BCUT2D eigenvalue weighted by molar-refractivity contribution is -0.138.